The van der Waals surface area contributed by atoms with Crippen LogP contribution in [-0.2, 0) is 6.42 Å². The number of benzene rings is 1. The third-order valence-electron chi connectivity index (χ3n) is 3.86. The molecule has 2 rings (SSSR count). The molecule has 1 aromatic carbocycles. The third-order valence-corrected chi connectivity index (χ3v) is 3.86. The first-order chi connectivity index (χ1) is 9.66. The first-order valence-corrected chi connectivity index (χ1v) is 7.22. The molecule has 1 aromatic rings. The Bertz CT molecular complexity index is 427. The molecule has 0 N–H and O–H groups in total. The van der Waals surface area contributed by atoms with Gasteiger partial charge in [-0.3, -0.25) is 10.1 Å². The summed E-state index contributed by atoms with van der Waals surface area (Å²) in [5, 5.41) is 11.0. The Morgan fingerprint density at radius 1 is 1.30 bits per heavy atom. The molecule has 1 fully saturated rings. The predicted octanol–water partition coefficient (Wildman–Crippen LogP) is 3.05. The summed E-state index contributed by atoms with van der Waals surface area (Å²) in [5.41, 5.74) is 1.29. The van der Waals surface area contributed by atoms with Crippen LogP contribution in [0.2, 0.25) is 0 Å². The van der Waals surface area contributed by atoms with Crippen molar-refractivity contribution >= 4 is 0 Å². The standard InChI is InChI=1S/C15H21FN2O2/c16-14-9-11-17(15(12-14)18(19)20)10-5-4-8-13-6-2-1-3-7-13/h1-3,6-7,14-15H,4-5,8-12H2. The number of piperidine rings is 1. The molecule has 0 aliphatic carbocycles. The minimum Gasteiger partial charge on any atom is -0.263 e. The van der Waals surface area contributed by atoms with Crippen LogP contribution in [0.15, 0.2) is 30.3 Å². The van der Waals surface area contributed by atoms with Crippen LogP contribution in [0.25, 0.3) is 0 Å². The van der Waals surface area contributed by atoms with Gasteiger partial charge < -0.3 is 0 Å². The summed E-state index contributed by atoms with van der Waals surface area (Å²) in [6.45, 7) is 1.18. The molecule has 2 atom stereocenters. The normalized spacial score (nSPS) is 23.6. The summed E-state index contributed by atoms with van der Waals surface area (Å²) >= 11 is 0. The first-order valence-electron chi connectivity index (χ1n) is 7.22. The van der Waals surface area contributed by atoms with Gasteiger partial charge in [0, 0.05) is 18.0 Å². The minimum atomic E-state index is -1.02. The maximum Gasteiger partial charge on any atom is 0.271 e. The van der Waals surface area contributed by atoms with Gasteiger partial charge in [0.15, 0.2) is 0 Å². The summed E-state index contributed by atoms with van der Waals surface area (Å²) in [7, 11) is 0. The average molecular weight is 280 g/mol. The van der Waals surface area contributed by atoms with Gasteiger partial charge in [-0.15, -0.1) is 0 Å². The fourth-order valence-electron chi connectivity index (χ4n) is 2.72. The Balaban J connectivity index is 1.74. The molecule has 0 saturated carbocycles. The number of hydrogen-bond acceptors (Lipinski definition) is 3. The lowest BCUT2D eigenvalue weighted by molar-refractivity contribution is -0.556. The molecule has 1 aliphatic rings. The molecule has 1 aliphatic heterocycles. The maximum atomic E-state index is 13.2. The van der Waals surface area contributed by atoms with Crippen molar-refractivity contribution in [3.05, 3.63) is 46.0 Å². The van der Waals surface area contributed by atoms with Gasteiger partial charge in [0.2, 0.25) is 0 Å². The summed E-state index contributed by atoms with van der Waals surface area (Å²) in [6, 6.07) is 10.2. The lowest BCUT2D eigenvalue weighted by Crippen LogP contribution is -2.47. The van der Waals surface area contributed by atoms with E-state index < -0.39 is 12.3 Å². The molecule has 0 aromatic heterocycles. The molecule has 2 unspecified atom stereocenters. The molecule has 4 nitrogen and oxygen atoms in total. The van der Waals surface area contributed by atoms with Gasteiger partial charge in [-0.1, -0.05) is 30.3 Å². The van der Waals surface area contributed by atoms with E-state index >= 15 is 0 Å². The van der Waals surface area contributed by atoms with Crippen LogP contribution in [0, 0.1) is 10.1 Å². The van der Waals surface area contributed by atoms with E-state index in [-0.39, 0.29) is 11.3 Å². The second-order valence-electron chi connectivity index (χ2n) is 5.37. The van der Waals surface area contributed by atoms with Crippen LogP contribution in [0.3, 0.4) is 0 Å². The monoisotopic (exact) mass is 280 g/mol. The Kier molecular flexibility index (Phi) is 5.47. The van der Waals surface area contributed by atoms with E-state index in [1.54, 1.807) is 0 Å². The number of rotatable bonds is 6. The quantitative estimate of drug-likeness (QED) is 0.457. The summed E-state index contributed by atoms with van der Waals surface area (Å²) < 4.78 is 13.2. The van der Waals surface area contributed by atoms with E-state index in [0.29, 0.717) is 19.5 Å². The van der Waals surface area contributed by atoms with Crippen LogP contribution < -0.4 is 0 Å². The zero-order valence-corrected chi connectivity index (χ0v) is 11.6. The minimum absolute atomic E-state index is 0.0334. The van der Waals surface area contributed by atoms with Crippen LogP contribution >= 0.6 is 0 Å². The molecule has 0 amide bonds. The highest BCUT2D eigenvalue weighted by atomic mass is 19.1. The number of aryl methyl sites for hydroxylation is 1. The summed E-state index contributed by atoms with van der Waals surface area (Å²) in [6.07, 6.45) is 1.50. The Hall–Kier alpha value is -1.49. The zero-order chi connectivity index (χ0) is 14.4. The van der Waals surface area contributed by atoms with Gasteiger partial charge in [0.05, 0.1) is 6.42 Å². The second kappa shape index (κ2) is 7.33. The van der Waals surface area contributed by atoms with Crippen molar-refractivity contribution in [2.24, 2.45) is 0 Å². The molecule has 1 saturated heterocycles. The Morgan fingerprint density at radius 2 is 2.05 bits per heavy atom. The molecule has 0 spiro atoms. The van der Waals surface area contributed by atoms with Crippen molar-refractivity contribution in [3.63, 3.8) is 0 Å². The molecule has 5 heteroatoms. The predicted molar refractivity (Wildman–Crippen MR) is 75.9 cm³/mol. The molecule has 20 heavy (non-hydrogen) atoms. The van der Waals surface area contributed by atoms with Gasteiger partial charge in [0.1, 0.15) is 6.17 Å². The van der Waals surface area contributed by atoms with Gasteiger partial charge in [-0.25, -0.2) is 9.29 Å². The van der Waals surface area contributed by atoms with Gasteiger partial charge in [-0.05, 0) is 31.2 Å². The lowest BCUT2D eigenvalue weighted by atomic mass is 10.0. The van der Waals surface area contributed by atoms with Crippen molar-refractivity contribution in [1.29, 1.82) is 0 Å². The molecular weight excluding hydrogens is 259 g/mol. The van der Waals surface area contributed by atoms with Crippen molar-refractivity contribution in [3.8, 4) is 0 Å². The van der Waals surface area contributed by atoms with E-state index in [1.165, 1.54) is 5.56 Å². The van der Waals surface area contributed by atoms with E-state index in [9.17, 15) is 14.5 Å². The van der Waals surface area contributed by atoms with Crippen LogP contribution in [0.5, 0.6) is 0 Å². The van der Waals surface area contributed by atoms with E-state index in [1.807, 2.05) is 23.1 Å². The van der Waals surface area contributed by atoms with Crippen molar-refractivity contribution in [2.75, 3.05) is 13.1 Å². The number of nitro groups is 1. The Morgan fingerprint density at radius 3 is 2.75 bits per heavy atom. The third kappa shape index (κ3) is 4.27. The Labute approximate surface area is 118 Å². The number of nitrogens with zero attached hydrogens (tertiary/aromatic N) is 2. The average Bonchev–Trinajstić information content (AvgIpc) is 2.45. The van der Waals surface area contributed by atoms with Crippen LogP contribution in [-0.4, -0.2) is 35.3 Å². The van der Waals surface area contributed by atoms with E-state index in [0.717, 1.165) is 19.3 Å². The largest absolute Gasteiger partial charge is 0.271 e. The highest BCUT2D eigenvalue weighted by molar-refractivity contribution is 5.14. The number of hydrogen-bond donors (Lipinski definition) is 0. The highest BCUT2D eigenvalue weighted by Gasteiger charge is 2.35. The number of likely N-dealkylation sites (tertiary alicyclic amines) is 1. The zero-order valence-electron chi connectivity index (χ0n) is 11.6. The van der Waals surface area contributed by atoms with Crippen molar-refractivity contribution in [1.82, 2.24) is 4.90 Å². The van der Waals surface area contributed by atoms with Gasteiger partial charge in [0.25, 0.3) is 6.17 Å². The fraction of sp³-hybridized carbons (Fsp3) is 0.600. The molecule has 0 bridgehead atoms. The van der Waals surface area contributed by atoms with Gasteiger partial charge >= 0.3 is 0 Å². The van der Waals surface area contributed by atoms with Gasteiger partial charge in [-0.2, -0.15) is 0 Å². The molecular formula is C15H21FN2O2. The summed E-state index contributed by atoms with van der Waals surface area (Å²) in [5.74, 6) is 0. The topological polar surface area (TPSA) is 46.4 Å². The number of unbranched alkanes of at least 4 members (excludes halogenated alkanes) is 1. The van der Waals surface area contributed by atoms with Crippen LogP contribution in [0.4, 0.5) is 4.39 Å². The van der Waals surface area contributed by atoms with E-state index in [2.05, 4.69) is 12.1 Å². The van der Waals surface area contributed by atoms with E-state index in [4.69, 9.17) is 0 Å². The summed E-state index contributed by atoms with van der Waals surface area (Å²) in [4.78, 5) is 12.4. The first kappa shape index (κ1) is 14.9. The molecule has 1 heterocycles. The van der Waals surface area contributed by atoms with Crippen LogP contribution in [0.1, 0.15) is 31.2 Å². The highest BCUT2D eigenvalue weighted by Crippen LogP contribution is 2.21. The number of alkyl halides is 1. The number of halogens is 1. The smallest absolute Gasteiger partial charge is 0.263 e. The molecule has 110 valence electrons. The SMILES string of the molecule is O=[N+]([O-])C1CC(F)CCN1CCCCc1ccccc1. The van der Waals surface area contributed by atoms with Crippen molar-refractivity contribution < 1.29 is 9.31 Å². The lowest BCUT2D eigenvalue weighted by Gasteiger charge is -2.31. The van der Waals surface area contributed by atoms with Crippen molar-refractivity contribution in [2.45, 2.75) is 44.4 Å². The second-order valence-corrected chi connectivity index (χ2v) is 5.37. The maximum absolute atomic E-state index is 13.2. The molecule has 0 radical (unpaired) electrons. The fourth-order valence-corrected chi connectivity index (χ4v) is 2.72.